The van der Waals surface area contributed by atoms with Crippen LogP contribution in [-0.4, -0.2) is 8.42 Å². The quantitative estimate of drug-likeness (QED) is 0.846. The fourth-order valence-electron chi connectivity index (χ4n) is 2.09. The smallest absolute Gasteiger partial charge is 0.262 e. The molecule has 0 fully saturated rings. The van der Waals surface area contributed by atoms with E-state index >= 15 is 0 Å². The minimum absolute atomic E-state index is 0.129. The molecule has 3 N–H and O–H groups in total. The van der Waals surface area contributed by atoms with Crippen LogP contribution in [0.15, 0.2) is 35.2 Å². The van der Waals surface area contributed by atoms with Crippen molar-refractivity contribution in [2.24, 2.45) is 0 Å². The molecule has 0 amide bonds. The van der Waals surface area contributed by atoms with Gasteiger partial charge in [0.2, 0.25) is 0 Å². The van der Waals surface area contributed by atoms with Crippen LogP contribution < -0.4 is 10.5 Å². The number of nitrogen functional groups attached to an aromatic ring is 1. The number of hydrogen-bond donors (Lipinski definition) is 2. The van der Waals surface area contributed by atoms with Gasteiger partial charge in [0.25, 0.3) is 10.0 Å². The maximum Gasteiger partial charge on any atom is 0.262 e. The molecule has 0 atom stereocenters. The third kappa shape index (κ3) is 3.31. The van der Waals surface area contributed by atoms with Crippen molar-refractivity contribution in [3.63, 3.8) is 0 Å². The molecule has 4 nitrogen and oxygen atoms in total. The highest BCUT2D eigenvalue weighted by Gasteiger charge is 2.19. The Hall–Kier alpha value is -1.72. The Morgan fingerprint density at radius 3 is 2.33 bits per heavy atom. The number of benzene rings is 2. The number of aryl methyl sites for hydroxylation is 3. The van der Waals surface area contributed by atoms with Gasteiger partial charge < -0.3 is 5.73 Å². The van der Waals surface area contributed by atoms with Crippen LogP contribution in [0.5, 0.6) is 0 Å². The molecule has 0 aliphatic rings. The number of nitrogens with one attached hydrogen (secondary N) is 1. The van der Waals surface area contributed by atoms with Gasteiger partial charge >= 0.3 is 0 Å². The standard InChI is InChI=1S/C15H17ClN2O2S/c1-9-4-5-14(10(2)6-9)18-21(19,20)15-8-13(17)12(16)7-11(15)3/h4-8,18H,17H2,1-3H3. The molecule has 0 radical (unpaired) electrons. The van der Waals surface area contributed by atoms with Crippen molar-refractivity contribution in [2.45, 2.75) is 25.7 Å². The molecule has 2 aromatic carbocycles. The van der Waals surface area contributed by atoms with Crippen LogP contribution in [0, 0.1) is 20.8 Å². The Bertz CT molecular complexity index is 802. The molecule has 2 aromatic rings. The zero-order valence-electron chi connectivity index (χ0n) is 12.1. The summed E-state index contributed by atoms with van der Waals surface area (Å²) >= 11 is 5.90. The van der Waals surface area contributed by atoms with Crippen LogP contribution in [-0.2, 0) is 10.0 Å². The van der Waals surface area contributed by atoms with Gasteiger partial charge in [-0.2, -0.15) is 0 Å². The monoisotopic (exact) mass is 324 g/mol. The van der Waals surface area contributed by atoms with E-state index < -0.39 is 10.0 Å². The largest absolute Gasteiger partial charge is 0.397 e. The lowest BCUT2D eigenvalue weighted by atomic mass is 10.1. The summed E-state index contributed by atoms with van der Waals surface area (Å²) in [6.45, 7) is 5.49. The molecule has 0 aromatic heterocycles. The summed E-state index contributed by atoms with van der Waals surface area (Å²) in [5, 5.41) is 0.345. The van der Waals surface area contributed by atoms with Gasteiger partial charge in [0.15, 0.2) is 0 Å². The van der Waals surface area contributed by atoms with Gasteiger partial charge in [-0.05, 0) is 50.1 Å². The van der Waals surface area contributed by atoms with Gasteiger partial charge in [-0.1, -0.05) is 29.3 Å². The van der Waals surface area contributed by atoms with Crippen molar-refractivity contribution >= 4 is 33.0 Å². The van der Waals surface area contributed by atoms with E-state index in [9.17, 15) is 8.42 Å². The molecule has 112 valence electrons. The first-order valence-corrected chi connectivity index (χ1v) is 8.22. The van der Waals surface area contributed by atoms with E-state index in [2.05, 4.69) is 4.72 Å². The lowest BCUT2D eigenvalue weighted by Gasteiger charge is -2.14. The predicted molar refractivity (Wildman–Crippen MR) is 87.3 cm³/mol. The summed E-state index contributed by atoms with van der Waals surface area (Å²) in [7, 11) is -3.71. The Labute approximate surface area is 130 Å². The van der Waals surface area contributed by atoms with Crippen molar-refractivity contribution in [3.8, 4) is 0 Å². The number of anilines is 2. The van der Waals surface area contributed by atoms with E-state index in [1.54, 1.807) is 19.1 Å². The molecule has 0 spiro atoms. The Balaban J connectivity index is 2.46. The molecular formula is C15H17ClN2O2S. The van der Waals surface area contributed by atoms with Crippen LogP contribution in [0.3, 0.4) is 0 Å². The van der Waals surface area contributed by atoms with Gasteiger partial charge in [-0.25, -0.2) is 8.42 Å². The molecule has 0 unspecified atom stereocenters. The summed E-state index contributed by atoms with van der Waals surface area (Å²) in [6, 6.07) is 8.45. The highest BCUT2D eigenvalue weighted by molar-refractivity contribution is 7.92. The molecular weight excluding hydrogens is 308 g/mol. The molecule has 0 aliphatic carbocycles. The molecule has 0 heterocycles. The molecule has 2 rings (SSSR count). The first kappa shape index (κ1) is 15.7. The van der Waals surface area contributed by atoms with Gasteiger partial charge in [-0.15, -0.1) is 0 Å². The zero-order valence-corrected chi connectivity index (χ0v) is 13.6. The maximum atomic E-state index is 12.5. The van der Waals surface area contributed by atoms with Crippen LogP contribution in [0.1, 0.15) is 16.7 Å². The lowest BCUT2D eigenvalue weighted by Crippen LogP contribution is -2.15. The highest BCUT2D eigenvalue weighted by atomic mass is 35.5. The normalized spacial score (nSPS) is 11.4. The van der Waals surface area contributed by atoms with Crippen molar-refractivity contribution in [1.82, 2.24) is 0 Å². The van der Waals surface area contributed by atoms with E-state index in [1.165, 1.54) is 6.07 Å². The molecule has 0 saturated carbocycles. The van der Waals surface area contributed by atoms with E-state index in [1.807, 2.05) is 26.0 Å². The lowest BCUT2D eigenvalue weighted by molar-refractivity contribution is 0.600. The predicted octanol–water partition coefficient (Wildman–Crippen LogP) is 3.65. The zero-order chi connectivity index (χ0) is 15.8. The summed E-state index contributed by atoms with van der Waals surface area (Å²) < 4.78 is 27.6. The first-order valence-electron chi connectivity index (χ1n) is 6.36. The van der Waals surface area contributed by atoms with Gasteiger partial charge in [0.05, 0.1) is 21.3 Å². The number of sulfonamides is 1. The summed E-state index contributed by atoms with van der Waals surface area (Å²) in [6.07, 6.45) is 0. The second-order valence-corrected chi connectivity index (χ2v) is 7.12. The Morgan fingerprint density at radius 2 is 1.71 bits per heavy atom. The SMILES string of the molecule is Cc1ccc(NS(=O)(=O)c2cc(N)c(Cl)cc2C)c(C)c1. The van der Waals surface area contributed by atoms with E-state index in [-0.39, 0.29) is 10.6 Å². The Morgan fingerprint density at radius 1 is 1.05 bits per heavy atom. The van der Waals surface area contributed by atoms with Crippen molar-refractivity contribution < 1.29 is 8.42 Å². The summed E-state index contributed by atoms with van der Waals surface area (Å²) in [4.78, 5) is 0.129. The number of nitrogens with two attached hydrogens (primary N) is 1. The number of hydrogen-bond acceptors (Lipinski definition) is 3. The summed E-state index contributed by atoms with van der Waals surface area (Å²) in [5.74, 6) is 0. The molecule has 0 aliphatic heterocycles. The Kier molecular flexibility index (Phi) is 4.16. The van der Waals surface area contributed by atoms with Crippen LogP contribution in [0.4, 0.5) is 11.4 Å². The number of halogens is 1. The van der Waals surface area contributed by atoms with Crippen LogP contribution in [0.2, 0.25) is 5.02 Å². The van der Waals surface area contributed by atoms with Gasteiger partial charge in [-0.3, -0.25) is 4.72 Å². The topological polar surface area (TPSA) is 72.2 Å². The second kappa shape index (κ2) is 5.58. The average Bonchev–Trinajstić information content (AvgIpc) is 2.37. The fourth-order valence-corrected chi connectivity index (χ4v) is 3.70. The highest BCUT2D eigenvalue weighted by Crippen LogP contribution is 2.28. The second-order valence-electron chi connectivity index (χ2n) is 5.06. The molecule has 6 heteroatoms. The van der Waals surface area contributed by atoms with E-state index in [0.29, 0.717) is 16.3 Å². The fraction of sp³-hybridized carbons (Fsp3) is 0.200. The molecule has 0 bridgehead atoms. The molecule has 21 heavy (non-hydrogen) atoms. The maximum absolute atomic E-state index is 12.5. The minimum atomic E-state index is -3.71. The van der Waals surface area contributed by atoms with Gasteiger partial charge in [0, 0.05) is 0 Å². The van der Waals surface area contributed by atoms with Gasteiger partial charge in [0.1, 0.15) is 0 Å². The van der Waals surface area contributed by atoms with Crippen molar-refractivity contribution in [2.75, 3.05) is 10.5 Å². The summed E-state index contributed by atoms with van der Waals surface area (Å²) in [5.41, 5.74) is 8.97. The minimum Gasteiger partial charge on any atom is -0.397 e. The van der Waals surface area contributed by atoms with Crippen LogP contribution in [0.25, 0.3) is 0 Å². The van der Waals surface area contributed by atoms with Crippen molar-refractivity contribution in [3.05, 3.63) is 52.0 Å². The van der Waals surface area contributed by atoms with E-state index in [4.69, 9.17) is 17.3 Å². The molecule has 0 saturated heterocycles. The van der Waals surface area contributed by atoms with Crippen LogP contribution >= 0.6 is 11.6 Å². The van der Waals surface area contributed by atoms with Crippen molar-refractivity contribution in [1.29, 1.82) is 0 Å². The van der Waals surface area contributed by atoms with E-state index in [0.717, 1.165) is 11.1 Å². The number of rotatable bonds is 3. The first-order chi connectivity index (χ1) is 9.70. The average molecular weight is 325 g/mol. The third-order valence-corrected chi connectivity index (χ3v) is 5.04. The third-order valence-electron chi connectivity index (χ3n) is 3.21.